The van der Waals surface area contributed by atoms with Crippen LogP contribution < -0.4 is 24.8 Å². The molecule has 2 saturated carbocycles. The Hall–Kier alpha value is 2.40. The summed E-state index contributed by atoms with van der Waals surface area (Å²) in [6.45, 7) is 57.7. The average molecular weight is 1220 g/mol. The van der Waals surface area contributed by atoms with Gasteiger partial charge in [0.1, 0.15) is 0 Å². The van der Waals surface area contributed by atoms with Crippen LogP contribution in [0.4, 0.5) is 0 Å². The van der Waals surface area contributed by atoms with Crippen LogP contribution in [0.3, 0.4) is 0 Å². The molecule has 72 heavy (non-hydrogen) atoms. The first-order valence-electron chi connectivity index (χ1n) is 25.8. The van der Waals surface area contributed by atoms with Crippen molar-refractivity contribution in [1.29, 1.82) is 0 Å². The zero-order valence-electron chi connectivity index (χ0n) is 49.9. The number of allylic oxidation sites excluding steroid dienone is 8. The Balaban J connectivity index is -0.0000000699. The Morgan fingerprint density at radius 3 is 1.29 bits per heavy atom. The van der Waals surface area contributed by atoms with Gasteiger partial charge in [0.15, 0.2) is 0 Å². The Morgan fingerprint density at radius 1 is 0.583 bits per heavy atom. The second-order valence-electron chi connectivity index (χ2n) is 20.2. The van der Waals surface area contributed by atoms with Crippen molar-refractivity contribution >= 4 is 131 Å². The molecule has 11 heteroatoms. The van der Waals surface area contributed by atoms with Gasteiger partial charge in [0, 0.05) is 42.1 Å². The van der Waals surface area contributed by atoms with Gasteiger partial charge in [-0.25, -0.2) is 0 Å². The first-order chi connectivity index (χ1) is 31.6. The van der Waals surface area contributed by atoms with E-state index in [1.54, 1.807) is 0 Å². The van der Waals surface area contributed by atoms with Crippen molar-refractivity contribution in [2.24, 2.45) is 59.2 Å². The molecule has 0 amide bonds. The molecule has 2 aliphatic carbocycles. The molecule has 1 nitrogen and oxygen atoms in total. The van der Waals surface area contributed by atoms with E-state index in [4.69, 9.17) is 51.1 Å². The zero-order valence-corrected chi connectivity index (χ0v) is 58.3. The minimum Gasteiger partial charge on any atom is -1.00 e. The molecule has 0 spiro atoms. The first-order valence-corrected chi connectivity index (χ1v) is 29.0. The maximum absolute atomic E-state index is 5.80. The molecule has 1 aliphatic heterocycles. The summed E-state index contributed by atoms with van der Waals surface area (Å²) in [6, 6.07) is 0. The standard InChI is InChI=1S/2C13H23Cl.C9H15Cl.2C9H15.C4H8BrCl.C4H8O.2ClH.3Mg.2H/c1-10(2)13-7-6-12(8-13)5-4-11(3)9-14;1-5-6-7-13(11(2)3)9-8-12(4)10-14;1-4-5-6-9(7-10)8(2)3;1-7(2)9-5-4-8(3)6-9;1-5-6-7-9(4)8(2)3;1-4(2-5)3-6;1-2-4-5-3-1;;;;;;;/h11-13H,1,4-9H2,2-3H3;5,12-13H,1-2,6-10H2,3-4H3;4,9H,1-2,5-7H2,3H3;8-9H,1,3-6H2,2H3;5,9H,1-2,4,6-7H2,3H3;4H,2-3H2,1H3;1-4H2;2*1H;;;;;/q;;;2*-1;;;;;3*+2;2*-1/p-2. The van der Waals surface area contributed by atoms with Gasteiger partial charge in [-0.15, -0.1) is 84.2 Å². The van der Waals surface area contributed by atoms with Crippen LogP contribution in [0.15, 0.2) is 98.7 Å². The van der Waals surface area contributed by atoms with Crippen LogP contribution in [-0.4, -0.2) is 111 Å². The van der Waals surface area contributed by atoms with Crippen LogP contribution in [0, 0.1) is 73.0 Å². The minimum atomic E-state index is 0. The largest absolute Gasteiger partial charge is 2.00 e. The molecular formula is C61H109BrCl6Mg3O. The predicted octanol–water partition coefficient (Wildman–Crippen LogP) is 14.8. The molecule has 3 rings (SSSR count). The summed E-state index contributed by atoms with van der Waals surface area (Å²) in [6.07, 6.45) is 28.1. The SMILES string of the molecule is C1CCOC1.C=C(C)C1CCC(CCC(C)CCl)C1.C=C(C)C1CCC([CH2-])C1.C=CCCC(CCC(C)CCl)C(=C)C.C=CCCC(CCl)C(=C)C.C=CCCC([CH2-])C(=C)C.CC(CCl)CBr.[Cl-].[Cl-].[H-].[H-].[Mg+2].[Mg+2].[Mg+2]. The predicted molar refractivity (Wildman–Crippen MR) is 337 cm³/mol. The van der Waals surface area contributed by atoms with Gasteiger partial charge in [-0.3, -0.25) is 0 Å². The Labute approximate surface area is 542 Å². The van der Waals surface area contributed by atoms with E-state index >= 15 is 0 Å². The van der Waals surface area contributed by atoms with E-state index in [-0.39, 0.29) is 96.8 Å². The van der Waals surface area contributed by atoms with Crippen molar-refractivity contribution in [3.05, 3.63) is 113 Å². The van der Waals surface area contributed by atoms with E-state index in [1.807, 2.05) is 32.1 Å². The summed E-state index contributed by atoms with van der Waals surface area (Å²) in [7, 11) is 0. The molecule has 3 fully saturated rings. The number of ether oxygens (including phenoxy) is 1. The summed E-state index contributed by atoms with van der Waals surface area (Å²) < 4.78 is 4.94. The van der Waals surface area contributed by atoms with Crippen molar-refractivity contribution in [1.82, 2.24) is 0 Å². The molecule has 0 radical (unpaired) electrons. The molecule has 3 aliphatic rings. The molecule has 0 aromatic carbocycles. The number of rotatable bonds is 25. The van der Waals surface area contributed by atoms with Crippen LogP contribution in [0.1, 0.15) is 174 Å². The molecule has 10 atom stereocenters. The van der Waals surface area contributed by atoms with E-state index in [1.165, 1.54) is 106 Å². The van der Waals surface area contributed by atoms with Gasteiger partial charge in [-0.1, -0.05) is 129 Å². The van der Waals surface area contributed by atoms with Gasteiger partial charge in [0.05, 0.1) is 0 Å². The number of hydrogen-bond donors (Lipinski definition) is 0. The Bertz CT molecular complexity index is 1280. The maximum atomic E-state index is 5.80. The summed E-state index contributed by atoms with van der Waals surface area (Å²) in [5.41, 5.74) is 6.38. The average Bonchev–Trinajstić information content (AvgIpc) is 4.13. The molecule has 0 N–H and O–H groups in total. The van der Waals surface area contributed by atoms with Gasteiger partial charge < -0.3 is 46.3 Å². The van der Waals surface area contributed by atoms with Gasteiger partial charge in [0.25, 0.3) is 0 Å². The monoisotopic (exact) mass is 1220 g/mol. The van der Waals surface area contributed by atoms with E-state index < -0.39 is 0 Å². The zero-order chi connectivity index (χ0) is 52.2. The molecular weight excluding hydrogens is 1110 g/mol. The van der Waals surface area contributed by atoms with Gasteiger partial charge in [-0.05, 0) is 172 Å². The molecule has 414 valence electrons. The molecule has 0 aromatic rings. The van der Waals surface area contributed by atoms with E-state index in [2.05, 4.69) is 124 Å². The van der Waals surface area contributed by atoms with Crippen LogP contribution >= 0.6 is 62.3 Å². The van der Waals surface area contributed by atoms with Crippen LogP contribution in [-0.2, 0) is 4.74 Å². The van der Waals surface area contributed by atoms with Gasteiger partial charge in [-0.2, -0.15) is 5.92 Å². The third-order valence-corrected chi connectivity index (χ3v) is 15.9. The fraction of sp³-hybridized carbons (Fsp3) is 0.705. The van der Waals surface area contributed by atoms with E-state index in [0.717, 1.165) is 91.6 Å². The third-order valence-electron chi connectivity index (χ3n) is 12.9. The molecule has 0 aromatic heterocycles. The van der Waals surface area contributed by atoms with Crippen LogP contribution in [0.2, 0.25) is 0 Å². The normalized spacial score (nSPS) is 19.1. The van der Waals surface area contributed by atoms with Crippen LogP contribution in [0.5, 0.6) is 0 Å². The molecule has 0 bridgehead atoms. The van der Waals surface area contributed by atoms with Gasteiger partial charge >= 0.3 is 69.2 Å². The quantitative estimate of drug-likeness (QED) is 0.0383. The van der Waals surface area contributed by atoms with Crippen molar-refractivity contribution in [3.63, 3.8) is 0 Å². The number of halogens is 7. The summed E-state index contributed by atoms with van der Waals surface area (Å²) >= 11 is 26.0. The molecule has 10 unspecified atom stereocenters. The second-order valence-corrected chi connectivity index (χ2v) is 22.1. The summed E-state index contributed by atoms with van der Waals surface area (Å²) in [5.74, 6) is 9.73. The van der Waals surface area contributed by atoms with Crippen LogP contribution in [0.25, 0.3) is 0 Å². The van der Waals surface area contributed by atoms with E-state index in [9.17, 15) is 0 Å². The summed E-state index contributed by atoms with van der Waals surface area (Å²) in [5, 5.41) is 1.01. The van der Waals surface area contributed by atoms with Crippen molar-refractivity contribution in [2.75, 3.05) is 42.1 Å². The molecule has 1 heterocycles. The topological polar surface area (TPSA) is 9.23 Å². The Morgan fingerprint density at radius 2 is 1.00 bits per heavy atom. The smallest absolute Gasteiger partial charge is 1.00 e. The maximum Gasteiger partial charge on any atom is 2.00 e. The third kappa shape index (κ3) is 61.6. The first kappa shape index (κ1) is 93.7. The minimum absolute atomic E-state index is 0. The van der Waals surface area contributed by atoms with E-state index in [0.29, 0.717) is 47.3 Å². The molecule has 1 saturated heterocycles. The fourth-order valence-corrected chi connectivity index (χ4v) is 8.64. The fourth-order valence-electron chi connectivity index (χ4n) is 7.31. The second kappa shape index (κ2) is 65.9. The van der Waals surface area contributed by atoms with Crippen molar-refractivity contribution < 1.29 is 32.4 Å². The summed E-state index contributed by atoms with van der Waals surface area (Å²) in [4.78, 5) is 0. The number of alkyl halides is 5. The van der Waals surface area contributed by atoms with Crippen molar-refractivity contribution in [3.8, 4) is 0 Å². The van der Waals surface area contributed by atoms with Crippen molar-refractivity contribution in [2.45, 2.75) is 171 Å². The Kier molecular flexibility index (Phi) is 85.8. The number of hydrogen-bond acceptors (Lipinski definition) is 1. The van der Waals surface area contributed by atoms with Gasteiger partial charge in [0.2, 0.25) is 0 Å².